The third-order valence-corrected chi connectivity index (χ3v) is 5.24. The minimum absolute atomic E-state index is 0.197. The molecule has 0 unspecified atom stereocenters. The van der Waals surface area contributed by atoms with Gasteiger partial charge in [0, 0.05) is 29.8 Å². The largest absolute Gasteiger partial charge is 0.257 e. The van der Waals surface area contributed by atoms with Gasteiger partial charge in [-0.15, -0.1) is 23.2 Å². The van der Waals surface area contributed by atoms with Gasteiger partial charge < -0.3 is 0 Å². The van der Waals surface area contributed by atoms with Gasteiger partial charge in [0.15, 0.2) is 0 Å². The number of nitrogens with zero attached hydrogens (tertiary/aromatic N) is 2. The van der Waals surface area contributed by atoms with Crippen LogP contribution in [0.4, 0.5) is 4.39 Å². The molecule has 0 bridgehead atoms. The molecule has 0 amide bonds. The lowest BCUT2D eigenvalue weighted by Gasteiger charge is -2.30. The van der Waals surface area contributed by atoms with Gasteiger partial charge in [-0.2, -0.15) is 5.10 Å². The van der Waals surface area contributed by atoms with Gasteiger partial charge in [-0.1, -0.05) is 29.8 Å². The van der Waals surface area contributed by atoms with E-state index < -0.39 is 5.41 Å². The summed E-state index contributed by atoms with van der Waals surface area (Å²) in [5.41, 5.74) is 1.45. The second-order valence-electron chi connectivity index (χ2n) is 5.18. The van der Waals surface area contributed by atoms with Crippen LogP contribution in [0.15, 0.2) is 24.3 Å². The minimum atomic E-state index is -0.716. The highest BCUT2D eigenvalue weighted by atomic mass is 35.5. The first-order valence-corrected chi connectivity index (χ1v) is 7.95. The first kappa shape index (κ1) is 16.6. The van der Waals surface area contributed by atoms with Crippen LogP contribution in [0, 0.1) is 12.7 Å². The summed E-state index contributed by atoms with van der Waals surface area (Å²) in [6.45, 7) is 1.87. The summed E-state index contributed by atoms with van der Waals surface area (Å²) < 4.78 is 15.8. The van der Waals surface area contributed by atoms with Crippen LogP contribution in [0.5, 0.6) is 0 Å². The molecule has 2 nitrogen and oxygen atoms in total. The van der Waals surface area contributed by atoms with E-state index in [0.29, 0.717) is 17.1 Å². The Morgan fingerprint density at radius 2 is 1.86 bits per heavy atom. The molecule has 21 heavy (non-hydrogen) atoms. The van der Waals surface area contributed by atoms with Gasteiger partial charge in [-0.05, 0) is 25.0 Å². The van der Waals surface area contributed by atoms with Crippen molar-refractivity contribution in [3.8, 4) is 0 Å². The van der Waals surface area contributed by atoms with Crippen molar-refractivity contribution >= 4 is 34.8 Å². The average molecular weight is 350 g/mol. The topological polar surface area (TPSA) is 17.8 Å². The van der Waals surface area contributed by atoms with E-state index in [2.05, 4.69) is 5.10 Å². The second kappa shape index (κ2) is 6.55. The molecule has 0 aliphatic carbocycles. The Morgan fingerprint density at radius 1 is 1.24 bits per heavy atom. The number of aryl methyl sites for hydroxylation is 2. The molecule has 2 aromatic rings. The Bertz CT molecular complexity index is 636. The summed E-state index contributed by atoms with van der Waals surface area (Å²) in [4.78, 5) is 0. The normalized spacial score (nSPS) is 11.9. The Labute approximate surface area is 138 Å². The Kier molecular flexibility index (Phi) is 5.18. The molecule has 0 radical (unpaired) electrons. The second-order valence-corrected chi connectivity index (χ2v) is 6.08. The molecule has 0 aliphatic rings. The molecular formula is C15H16Cl3FN2. The van der Waals surface area contributed by atoms with E-state index in [4.69, 9.17) is 34.8 Å². The van der Waals surface area contributed by atoms with E-state index in [1.165, 1.54) is 6.07 Å². The first-order valence-electron chi connectivity index (χ1n) is 6.50. The van der Waals surface area contributed by atoms with E-state index in [1.54, 1.807) is 29.9 Å². The van der Waals surface area contributed by atoms with Gasteiger partial charge in [0.05, 0.1) is 5.69 Å². The van der Waals surface area contributed by atoms with Gasteiger partial charge in [-0.3, -0.25) is 4.68 Å². The van der Waals surface area contributed by atoms with Crippen molar-refractivity contribution in [2.45, 2.75) is 18.8 Å². The molecule has 1 heterocycles. The number of hydrogen-bond donors (Lipinski definition) is 0. The Hall–Kier alpha value is -0.770. The predicted molar refractivity (Wildman–Crippen MR) is 86.2 cm³/mol. The molecular weight excluding hydrogens is 334 g/mol. The van der Waals surface area contributed by atoms with Crippen LogP contribution in [0.2, 0.25) is 5.15 Å². The number of hydrogen-bond acceptors (Lipinski definition) is 1. The standard InChI is InChI=1S/C15H16Cl3FN2/c1-10-11(14(18)21(2)20-10)7-15(8-16,9-17)12-5-3-4-6-13(12)19/h3-6H,7-9H2,1-2H3. The Balaban J connectivity index is 2.51. The minimum Gasteiger partial charge on any atom is -0.257 e. The fourth-order valence-corrected chi connectivity index (χ4v) is 3.48. The van der Waals surface area contributed by atoms with Crippen LogP contribution in [-0.4, -0.2) is 21.5 Å². The molecule has 0 saturated heterocycles. The van der Waals surface area contributed by atoms with Crippen molar-refractivity contribution in [3.05, 3.63) is 52.1 Å². The summed E-state index contributed by atoms with van der Waals surface area (Å²) in [6, 6.07) is 6.57. The third-order valence-electron chi connectivity index (χ3n) is 3.74. The first-order chi connectivity index (χ1) is 9.95. The molecule has 2 rings (SSSR count). The van der Waals surface area contributed by atoms with Gasteiger partial charge in [0.2, 0.25) is 0 Å². The van der Waals surface area contributed by atoms with Crippen molar-refractivity contribution in [2.75, 3.05) is 11.8 Å². The maximum absolute atomic E-state index is 14.2. The van der Waals surface area contributed by atoms with Crippen molar-refractivity contribution < 1.29 is 4.39 Å². The average Bonchev–Trinajstić information content (AvgIpc) is 2.71. The molecule has 1 aromatic heterocycles. The van der Waals surface area contributed by atoms with Crippen molar-refractivity contribution in [1.29, 1.82) is 0 Å². The fourth-order valence-electron chi connectivity index (χ4n) is 2.47. The van der Waals surface area contributed by atoms with E-state index in [-0.39, 0.29) is 17.6 Å². The molecule has 114 valence electrons. The summed E-state index contributed by atoms with van der Waals surface area (Å²) >= 11 is 18.6. The van der Waals surface area contributed by atoms with E-state index in [0.717, 1.165) is 11.3 Å². The summed E-state index contributed by atoms with van der Waals surface area (Å²) in [5.74, 6) is 0.0842. The quantitative estimate of drug-likeness (QED) is 0.728. The highest BCUT2D eigenvalue weighted by Gasteiger charge is 2.35. The third kappa shape index (κ3) is 3.05. The zero-order chi connectivity index (χ0) is 15.6. The monoisotopic (exact) mass is 348 g/mol. The summed E-state index contributed by atoms with van der Waals surface area (Å²) in [5, 5.41) is 4.82. The number of aromatic nitrogens is 2. The molecule has 0 aliphatic heterocycles. The van der Waals surface area contributed by atoms with Gasteiger partial charge in [-0.25, -0.2) is 4.39 Å². The fraction of sp³-hybridized carbons (Fsp3) is 0.400. The van der Waals surface area contributed by atoms with Crippen LogP contribution in [0.1, 0.15) is 16.8 Å². The summed E-state index contributed by atoms with van der Waals surface area (Å²) in [7, 11) is 1.77. The summed E-state index contributed by atoms with van der Waals surface area (Å²) in [6.07, 6.45) is 0.444. The van der Waals surface area contributed by atoms with E-state index >= 15 is 0 Å². The lowest BCUT2D eigenvalue weighted by molar-refractivity contribution is 0.490. The number of alkyl halides is 2. The van der Waals surface area contributed by atoms with Crippen LogP contribution < -0.4 is 0 Å². The van der Waals surface area contributed by atoms with Gasteiger partial charge in [0.25, 0.3) is 0 Å². The van der Waals surface area contributed by atoms with Crippen LogP contribution >= 0.6 is 34.8 Å². The highest BCUT2D eigenvalue weighted by Crippen LogP contribution is 2.36. The SMILES string of the molecule is Cc1nn(C)c(Cl)c1CC(CCl)(CCl)c1ccccc1F. The maximum atomic E-state index is 14.2. The van der Waals surface area contributed by atoms with Crippen LogP contribution in [-0.2, 0) is 18.9 Å². The maximum Gasteiger partial charge on any atom is 0.130 e. The molecule has 0 saturated carbocycles. The number of rotatable bonds is 5. The molecule has 0 N–H and O–H groups in total. The zero-order valence-electron chi connectivity index (χ0n) is 11.8. The molecule has 0 spiro atoms. The lowest BCUT2D eigenvalue weighted by Crippen LogP contribution is -2.34. The van der Waals surface area contributed by atoms with Crippen molar-refractivity contribution in [1.82, 2.24) is 9.78 Å². The van der Waals surface area contributed by atoms with Gasteiger partial charge >= 0.3 is 0 Å². The van der Waals surface area contributed by atoms with Crippen LogP contribution in [0.3, 0.4) is 0 Å². The van der Waals surface area contributed by atoms with Crippen molar-refractivity contribution in [3.63, 3.8) is 0 Å². The van der Waals surface area contributed by atoms with E-state index in [9.17, 15) is 4.39 Å². The number of benzene rings is 1. The number of halogens is 4. The zero-order valence-corrected chi connectivity index (χ0v) is 14.1. The van der Waals surface area contributed by atoms with Crippen LogP contribution in [0.25, 0.3) is 0 Å². The van der Waals surface area contributed by atoms with Crippen molar-refractivity contribution in [2.24, 2.45) is 7.05 Å². The van der Waals surface area contributed by atoms with E-state index in [1.807, 2.05) is 6.92 Å². The smallest absolute Gasteiger partial charge is 0.130 e. The lowest BCUT2D eigenvalue weighted by atomic mass is 9.78. The Morgan fingerprint density at radius 3 is 2.33 bits per heavy atom. The molecule has 0 fully saturated rings. The molecule has 1 aromatic carbocycles. The van der Waals surface area contributed by atoms with Gasteiger partial charge in [0.1, 0.15) is 11.0 Å². The molecule has 6 heteroatoms. The molecule has 0 atom stereocenters. The predicted octanol–water partition coefficient (Wildman–Crippen LogP) is 4.48. The highest BCUT2D eigenvalue weighted by molar-refractivity contribution is 6.30.